The SMILES string of the molecule is CC(C)(C)C1CCC(c2cc(C3CCC(C(C)(C)C)CC3)c(S(=O)(=O)O)c(C3CCC(C(C)(C)C)CC3)c2)CC1. The van der Waals surface area contributed by atoms with Crippen LogP contribution < -0.4 is 0 Å². The van der Waals surface area contributed by atoms with E-state index in [1.54, 1.807) is 0 Å². The minimum Gasteiger partial charge on any atom is -0.282 e. The third kappa shape index (κ3) is 7.36. The lowest BCUT2D eigenvalue weighted by Crippen LogP contribution is -2.28. The summed E-state index contributed by atoms with van der Waals surface area (Å²) in [6.07, 6.45) is 13.4. The lowest BCUT2D eigenvalue weighted by molar-refractivity contribution is 0.165. The predicted molar refractivity (Wildman–Crippen MR) is 169 cm³/mol. The van der Waals surface area contributed by atoms with Gasteiger partial charge in [-0.1, -0.05) is 74.4 Å². The molecule has 0 aromatic heterocycles. The Kier molecular flexibility index (Phi) is 9.35. The molecule has 0 radical (unpaired) electrons. The molecule has 0 unspecified atom stereocenters. The van der Waals surface area contributed by atoms with Crippen molar-refractivity contribution in [1.82, 2.24) is 0 Å². The third-order valence-corrected chi connectivity index (χ3v) is 12.6. The normalized spacial score (nSPS) is 31.2. The molecule has 0 aliphatic heterocycles. The molecule has 40 heavy (non-hydrogen) atoms. The molecular formula is C36H60O3S. The predicted octanol–water partition coefficient (Wildman–Crippen LogP) is 10.9. The molecule has 0 saturated heterocycles. The van der Waals surface area contributed by atoms with Crippen LogP contribution in [0.3, 0.4) is 0 Å². The molecule has 3 fully saturated rings. The zero-order valence-electron chi connectivity index (χ0n) is 27.3. The Labute approximate surface area is 247 Å². The highest BCUT2D eigenvalue weighted by Gasteiger charge is 2.38. The second kappa shape index (κ2) is 11.7. The van der Waals surface area contributed by atoms with Gasteiger partial charge < -0.3 is 0 Å². The molecule has 0 atom stereocenters. The molecule has 0 amide bonds. The molecular weight excluding hydrogens is 512 g/mol. The van der Waals surface area contributed by atoms with Crippen LogP contribution >= 0.6 is 0 Å². The maximum atomic E-state index is 13.2. The first-order chi connectivity index (χ1) is 18.4. The molecule has 1 N–H and O–H groups in total. The minimum atomic E-state index is -4.32. The van der Waals surface area contributed by atoms with Gasteiger partial charge in [0.1, 0.15) is 4.90 Å². The summed E-state index contributed by atoms with van der Waals surface area (Å²) in [5.41, 5.74) is 4.13. The Bertz CT molecular complexity index is 1050. The van der Waals surface area contributed by atoms with Crippen LogP contribution in [0.25, 0.3) is 0 Å². The topological polar surface area (TPSA) is 54.4 Å². The van der Waals surface area contributed by atoms with Crippen molar-refractivity contribution in [3.05, 3.63) is 28.8 Å². The van der Waals surface area contributed by atoms with Crippen molar-refractivity contribution < 1.29 is 13.0 Å². The summed E-state index contributed by atoms with van der Waals surface area (Å²) in [6.45, 7) is 21.1. The van der Waals surface area contributed by atoms with Gasteiger partial charge in [-0.15, -0.1) is 0 Å². The van der Waals surface area contributed by atoms with Crippen molar-refractivity contribution in [2.24, 2.45) is 34.0 Å². The summed E-state index contributed by atoms with van der Waals surface area (Å²) in [4.78, 5) is 0.290. The van der Waals surface area contributed by atoms with E-state index in [2.05, 4.69) is 74.4 Å². The van der Waals surface area contributed by atoms with Crippen LogP contribution in [0.15, 0.2) is 17.0 Å². The van der Waals surface area contributed by atoms with Crippen LogP contribution in [0.2, 0.25) is 0 Å². The molecule has 3 saturated carbocycles. The van der Waals surface area contributed by atoms with Crippen molar-refractivity contribution >= 4 is 10.1 Å². The summed E-state index contributed by atoms with van der Waals surface area (Å²) in [6, 6.07) is 4.50. The van der Waals surface area contributed by atoms with Crippen LogP contribution in [0, 0.1) is 34.0 Å². The first kappa shape index (κ1) is 32.1. The molecule has 4 rings (SSSR count). The third-order valence-electron chi connectivity index (χ3n) is 11.6. The van der Waals surface area contributed by atoms with Gasteiger partial charge in [0.05, 0.1) is 0 Å². The fourth-order valence-corrected chi connectivity index (χ4v) is 9.72. The smallest absolute Gasteiger partial charge is 0.282 e. The Balaban J connectivity index is 1.73. The number of benzene rings is 1. The highest BCUT2D eigenvalue weighted by Crippen LogP contribution is 2.51. The lowest BCUT2D eigenvalue weighted by atomic mass is 9.66. The van der Waals surface area contributed by atoms with Gasteiger partial charge in [-0.25, -0.2) is 0 Å². The molecule has 0 spiro atoms. The first-order valence-corrected chi connectivity index (χ1v) is 17.9. The van der Waals surface area contributed by atoms with Crippen LogP contribution in [0.5, 0.6) is 0 Å². The Morgan fingerprint density at radius 1 is 0.525 bits per heavy atom. The van der Waals surface area contributed by atoms with Gasteiger partial charge in [0.15, 0.2) is 0 Å². The van der Waals surface area contributed by atoms with Crippen LogP contribution in [-0.4, -0.2) is 13.0 Å². The Morgan fingerprint density at radius 2 is 0.800 bits per heavy atom. The van der Waals surface area contributed by atoms with Crippen molar-refractivity contribution in [3.63, 3.8) is 0 Å². The van der Waals surface area contributed by atoms with E-state index in [0.29, 0.717) is 23.2 Å². The molecule has 3 aliphatic rings. The molecule has 4 heteroatoms. The van der Waals surface area contributed by atoms with Crippen LogP contribution in [0.1, 0.15) is 174 Å². The maximum Gasteiger partial charge on any atom is 0.295 e. The standard InChI is InChI=1S/C36H60O3S/c1-34(2,3)28-16-10-24(11-17-28)27-22-31(25-12-18-29(19-13-25)35(4,5)6)33(40(37,38)39)32(23-27)26-14-20-30(21-15-26)36(7,8)9/h22-26,28-30H,10-21H2,1-9H3,(H,37,38,39). The molecule has 0 heterocycles. The number of rotatable bonds is 4. The van der Waals surface area contributed by atoms with E-state index in [9.17, 15) is 13.0 Å². The molecule has 228 valence electrons. The largest absolute Gasteiger partial charge is 0.295 e. The summed E-state index contributed by atoms with van der Waals surface area (Å²) in [5, 5.41) is 0. The monoisotopic (exact) mass is 572 g/mol. The minimum absolute atomic E-state index is 0.214. The molecule has 3 nitrogen and oxygen atoms in total. The first-order valence-electron chi connectivity index (χ1n) is 16.5. The van der Waals surface area contributed by atoms with Gasteiger partial charge in [0.25, 0.3) is 10.1 Å². The average molecular weight is 573 g/mol. The zero-order valence-corrected chi connectivity index (χ0v) is 28.1. The van der Waals surface area contributed by atoms with Crippen molar-refractivity contribution in [2.75, 3.05) is 0 Å². The van der Waals surface area contributed by atoms with Gasteiger partial charge in [0, 0.05) is 0 Å². The van der Waals surface area contributed by atoms with Gasteiger partial charge in [-0.2, -0.15) is 8.42 Å². The highest BCUT2D eigenvalue weighted by molar-refractivity contribution is 7.86. The van der Waals surface area contributed by atoms with Crippen LogP contribution in [0.4, 0.5) is 0 Å². The summed E-state index contributed by atoms with van der Waals surface area (Å²) < 4.78 is 37.2. The highest BCUT2D eigenvalue weighted by atomic mass is 32.2. The number of hydrogen-bond donors (Lipinski definition) is 1. The van der Waals surface area contributed by atoms with Crippen molar-refractivity contribution in [2.45, 2.75) is 162 Å². The van der Waals surface area contributed by atoms with Gasteiger partial charge in [-0.3, -0.25) is 4.55 Å². The quantitative estimate of drug-likeness (QED) is 0.365. The van der Waals surface area contributed by atoms with Crippen molar-refractivity contribution in [1.29, 1.82) is 0 Å². The summed E-state index contributed by atoms with van der Waals surface area (Å²) in [7, 11) is -4.32. The fraction of sp³-hybridized carbons (Fsp3) is 0.833. The average Bonchev–Trinajstić information content (AvgIpc) is 2.86. The molecule has 0 bridgehead atoms. The fourth-order valence-electron chi connectivity index (χ4n) is 8.67. The van der Waals surface area contributed by atoms with Gasteiger partial charge >= 0.3 is 0 Å². The van der Waals surface area contributed by atoms with E-state index in [-0.39, 0.29) is 27.6 Å². The lowest BCUT2D eigenvalue weighted by Gasteiger charge is -2.40. The van der Waals surface area contributed by atoms with E-state index >= 15 is 0 Å². The van der Waals surface area contributed by atoms with Crippen molar-refractivity contribution in [3.8, 4) is 0 Å². The van der Waals surface area contributed by atoms with E-state index < -0.39 is 10.1 Å². The second-order valence-corrected chi connectivity index (χ2v) is 18.6. The summed E-state index contributed by atoms with van der Waals surface area (Å²) >= 11 is 0. The zero-order chi connectivity index (χ0) is 29.7. The summed E-state index contributed by atoms with van der Waals surface area (Å²) in [5.74, 6) is 3.00. The van der Waals surface area contributed by atoms with Crippen LogP contribution in [-0.2, 0) is 10.1 Å². The van der Waals surface area contributed by atoms with E-state index in [1.165, 1.54) is 31.2 Å². The van der Waals surface area contributed by atoms with E-state index in [4.69, 9.17) is 0 Å². The second-order valence-electron chi connectivity index (χ2n) is 17.2. The molecule has 3 aliphatic carbocycles. The molecule has 1 aromatic carbocycles. The molecule has 1 aromatic rings. The van der Waals surface area contributed by atoms with E-state index in [1.807, 2.05) is 0 Å². The number of hydrogen-bond acceptors (Lipinski definition) is 2. The van der Waals surface area contributed by atoms with Gasteiger partial charge in [0.2, 0.25) is 0 Å². The van der Waals surface area contributed by atoms with E-state index in [0.717, 1.165) is 68.4 Å². The Hall–Kier alpha value is -0.870. The Morgan fingerprint density at radius 3 is 1.05 bits per heavy atom. The maximum absolute atomic E-state index is 13.2. The van der Waals surface area contributed by atoms with Gasteiger partial charge in [-0.05, 0) is 145 Å².